The van der Waals surface area contributed by atoms with Crippen molar-refractivity contribution in [3.05, 3.63) is 35.4 Å². The van der Waals surface area contributed by atoms with Crippen LogP contribution >= 0.6 is 0 Å². The number of nitrogens with two attached hydrogens (primary N) is 1. The molecule has 1 spiro atoms. The Bertz CT molecular complexity index is 725. The van der Waals surface area contributed by atoms with Crippen molar-refractivity contribution in [1.82, 2.24) is 9.80 Å². The van der Waals surface area contributed by atoms with Crippen LogP contribution in [0.25, 0.3) is 0 Å². The fraction of sp³-hybridized carbons (Fsp3) is 0.650. The van der Waals surface area contributed by atoms with Crippen molar-refractivity contribution >= 4 is 6.03 Å². The van der Waals surface area contributed by atoms with Gasteiger partial charge >= 0.3 is 12.2 Å². The summed E-state index contributed by atoms with van der Waals surface area (Å²) in [7, 11) is 0. The number of alkyl halides is 3. The van der Waals surface area contributed by atoms with Crippen molar-refractivity contribution in [2.24, 2.45) is 5.73 Å². The summed E-state index contributed by atoms with van der Waals surface area (Å²) in [6.45, 7) is 3.18. The van der Waals surface area contributed by atoms with Crippen molar-refractivity contribution in [3.8, 4) is 0 Å². The van der Waals surface area contributed by atoms with Gasteiger partial charge in [-0.1, -0.05) is 12.1 Å². The molecule has 0 aromatic heterocycles. The van der Waals surface area contributed by atoms with Gasteiger partial charge in [0, 0.05) is 51.0 Å². The monoisotopic (exact) mass is 413 g/mol. The highest BCUT2D eigenvalue weighted by Crippen LogP contribution is 2.34. The Morgan fingerprint density at radius 1 is 1.03 bits per heavy atom. The second kappa shape index (κ2) is 7.77. The summed E-state index contributed by atoms with van der Waals surface area (Å²) in [6.07, 6.45) is -2.44. The molecule has 4 rings (SSSR count). The molecule has 3 aliphatic rings. The second-order valence-corrected chi connectivity index (χ2v) is 8.09. The molecular formula is C20H26F3N3O3. The van der Waals surface area contributed by atoms with Crippen molar-refractivity contribution in [3.63, 3.8) is 0 Å². The molecule has 2 N–H and O–H groups in total. The minimum absolute atomic E-state index is 0.0788. The van der Waals surface area contributed by atoms with E-state index in [9.17, 15) is 18.0 Å². The fourth-order valence-corrected chi connectivity index (χ4v) is 4.50. The first-order valence-electron chi connectivity index (χ1n) is 10.0. The Balaban J connectivity index is 1.40. The summed E-state index contributed by atoms with van der Waals surface area (Å²) >= 11 is 0. The van der Waals surface area contributed by atoms with Gasteiger partial charge < -0.3 is 25.0 Å². The van der Waals surface area contributed by atoms with Gasteiger partial charge in [0.1, 0.15) is 0 Å². The van der Waals surface area contributed by atoms with Crippen LogP contribution in [0.2, 0.25) is 0 Å². The lowest BCUT2D eigenvalue weighted by molar-refractivity contribution is -0.182. The second-order valence-electron chi connectivity index (χ2n) is 8.09. The highest BCUT2D eigenvalue weighted by atomic mass is 19.4. The summed E-state index contributed by atoms with van der Waals surface area (Å²) in [5.41, 5.74) is 6.28. The molecule has 3 saturated heterocycles. The van der Waals surface area contributed by atoms with Crippen LogP contribution in [0.5, 0.6) is 0 Å². The lowest BCUT2D eigenvalue weighted by atomic mass is 9.88. The minimum atomic E-state index is -4.36. The number of piperidine rings is 2. The smallest absolute Gasteiger partial charge is 0.347 e. The Hall–Kier alpha value is -1.84. The lowest BCUT2D eigenvalue weighted by Crippen LogP contribution is -2.56. The molecule has 2 unspecified atom stereocenters. The van der Waals surface area contributed by atoms with Gasteiger partial charge in [0.05, 0.1) is 18.8 Å². The third-order valence-corrected chi connectivity index (χ3v) is 6.07. The molecule has 1 aromatic rings. The normalized spacial score (nSPS) is 27.4. The average Bonchev–Trinajstić information content (AvgIpc) is 3.15. The number of nitrogens with zero attached hydrogens (tertiary/aromatic N) is 2. The number of likely N-dealkylation sites (tertiary alicyclic amines) is 2. The summed E-state index contributed by atoms with van der Waals surface area (Å²) in [5, 5.41) is 0. The van der Waals surface area contributed by atoms with Gasteiger partial charge in [-0.2, -0.15) is 13.2 Å². The van der Waals surface area contributed by atoms with Gasteiger partial charge in [0.15, 0.2) is 5.79 Å². The third-order valence-electron chi connectivity index (χ3n) is 6.07. The number of hydrogen-bond donors (Lipinski definition) is 1. The van der Waals surface area contributed by atoms with Crippen molar-refractivity contribution in [1.29, 1.82) is 0 Å². The van der Waals surface area contributed by atoms with E-state index in [1.54, 1.807) is 9.80 Å². The first kappa shape index (κ1) is 20.4. The van der Waals surface area contributed by atoms with Crippen LogP contribution in [0.4, 0.5) is 18.0 Å². The maximum Gasteiger partial charge on any atom is 0.416 e. The van der Waals surface area contributed by atoms with Crippen molar-refractivity contribution in [2.45, 2.75) is 43.2 Å². The van der Waals surface area contributed by atoms with E-state index < -0.39 is 17.5 Å². The zero-order chi connectivity index (χ0) is 20.6. The molecule has 2 amide bonds. The molecule has 1 aromatic carbocycles. The standard InChI is InChI=1S/C20H26F3N3O3/c21-20(22,23)16-3-1-14(2-4-16)15-11-17(24)13-26(12-15)18(27)25-7-5-19(6-8-25)28-9-10-29-19/h1-4,15,17H,5-13,24H2. The van der Waals surface area contributed by atoms with E-state index in [1.165, 1.54) is 12.1 Å². The van der Waals surface area contributed by atoms with Crippen molar-refractivity contribution in [2.75, 3.05) is 39.4 Å². The van der Waals surface area contributed by atoms with Gasteiger partial charge in [0.25, 0.3) is 0 Å². The maximum atomic E-state index is 13.0. The van der Waals surface area contributed by atoms with E-state index in [2.05, 4.69) is 0 Å². The van der Waals surface area contributed by atoms with Crippen LogP contribution < -0.4 is 5.73 Å². The van der Waals surface area contributed by atoms with Crippen LogP contribution in [-0.2, 0) is 15.7 Å². The number of urea groups is 1. The van der Waals surface area contributed by atoms with Gasteiger partial charge in [-0.05, 0) is 24.1 Å². The topological polar surface area (TPSA) is 68.0 Å². The van der Waals surface area contributed by atoms with Crippen molar-refractivity contribution < 1.29 is 27.4 Å². The van der Waals surface area contributed by atoms with E-state index in [0.29, 0.717) is 58.7 Å². The number of carbonyl (C=O) groups is 1. The van der Waals surface area contributed by atoms with E-state index in [4.69, 9.17) is 15.2 Å². The number of rotatable bonds is 1. The molecule has 160 valence electrons. The largest absolute Gasteiger partial charge is 0.416 e. The predicted molar refractivity (Wildman–Crippen MR) is 99.2 cm³/mol. The summed E-state index contributed by atoms with van der Waals surface area (Å²) in [4.78, 5) is 16.5. The number of amides is 2. The Labute approximate surface area is 167 Å². The molecule has 9 heteroatoms. The highest BCUT2D eigenvalue weighted by molar-refractivity contribution is 5.75. The predicted octanol–water partition coefficient (Wildman–Crippen LogP) is 2.78. The first-order chi connectivity index (χ1) is 13.8. The van der Waals surface area contributed by atoms with Gasteiger partial charge in [0.2, 0.25) is 0 Å². The van der Waals surface area contributed by atoms with E-state index in [0.717, 1.165) is 17.7 Å². The molecule has 3 fully saturated rings. The molecule has 29 heavy (non-hydrogen) atoms. The summed E-state index contributed by atoms with van der Waals surface area (Å²) in [6, 6.07) is 4.88. The SMILES string of the molecule is NC1CC(c2ccc(C(F)(F)F)cc2)CN(C(=O)N2CCC3(CC2)OCCO3)C1. The molecule has 2 atom stereocenters. The van der Waals surface area contributed by atoms with E-state index in [1.807, 2.05) is 0 Å². The Morgan fingerprint density at radius 2 is 1.66 bits per heavy atom. The zero-order valence-electron chi connectivity index (χ0n) is 16.2. The average molecular weight is 413 g/mol. The summed E-state index contributed by atoms with van der Waals surface area (Å²) in [5.74, 6) is -0.625. The molecule has 6 nitrogen and oxygen atoms in total. The van der Waals surface area contributed by atoms with E-state index >= 15 is 0 Å². The minimum Gasteiger partial charge on any atom is -0.347 e. The lowest BCUT2D eigenvalue weighted by Gasteiger charge is -2.42. The summed E-state index contributed by atoms with van der Waals surface area (Å²) < 4.78 is 49.8. The molecule has 0 bridgehead atoms. The molecule has 0 aliphatic carbocycles. The van der Waals surface area contributed by atoms with E-state index in [-0.39, 0.29) is 18.0 Å². The van der Waals surface area contributed by atoms with Crippen LogP contribution in [0.3, 0.4) is 0 Å². The van der Waals surface area contributed by atoms with Gasteiger partial charge in [-0.3, -0.25) is 0 Å². The molecule has 0 saturated carbocycles. The first-order valence-corrected chi connectivity index (χ1v) is 10.0. The molecule has 3 aliphatic heterocycles. The number of ether oxygens (including phenoxy) is 2. The number of hydrogen-bond acceptors (Lipinski definition) is 4. The van der Waals surface area contributed by atoms with Gasteiger partial charge in [-0.15, -0.1) is 0 Å². The van der Waals surface area contributed by atoms with Crippen LogP contribution in [0.15, 0.2) is 24.3 Å². The number of benzene rings is 1. The van der Waals surface area contributed by atoms with Crippen LogP contribution in [0, 0.1) is 0 Å². The highest BCUT2D eigenvalue weighted by Gasteiger charge is 2.42. The Kier molecular flexibility index (Phi) is 5.48. The van der Waals surface area contributed by atoms with Crippen LogP contribution in [0.1, 0.15) is 36.3 Å². The Morgan fingerprint density at radius 3 is 2.24 bits per heavy atom. The fourth-order valence-electron chi connectivity index (χ4n) is 4.50. The number of carbonyl (C=O) groups excluding carboxylic acids is 1. The number of halogens is 3. The third kappa shape index (κ3) is 4.36. The molecule has 0 radical (unpaired) electrons. The molecular weight excluding hydrogens is 387 g/mol. The zero-order valence-corrected chi connectivity index (χ0v) is 16.2. The molecule has 3 heterocycles. The quantitative estimate of drug-likeness (QED) is 0.769. The van der Waals surface area contributed by atoms with Gasteiger partial charge in [-0.25, -0.2) is 4.79 Å². The van der Waals surface area contributed by atoms with Crippen LogP contribution in [-0.4, -0.2) is 67.1 Å². The maximum absolute atomic E-state index is 13.0.